The van der Waals surface area contributed by atoms with E-state index in [0.717, 1.165) is 45.4 Å². The molecule has 1 atom stereocenters. The van der Waals surface area contributed by atoms with Crippen LogP contribution in [0.1, 0.15) is 37.3 Å². The lowest BCUT2D eigenvalue weighted by atomic mass is 9.98. The SMILES string of the molecule is CCN1CCCc2cc(CCNC(=O)C(=O)NC[C@@H]3CCCO3)ccc21. The second-order valence-corrected chi connectivity index (χ2v) is 7.00. The first kappa shape index (κ1) is 18.7. The first-order valence-electron chi connectivity index (χ1n) is 9.71. The van der Waals surface area contributed by atoms with Crippen molar-refractivity contribution in [3.8, 4) is 0 Å². The lowest BCUT2D eigenvalue weighted by molar-refractivity contribution is -0.139. The van der Waals surface area contributed by atoms with Crippen molar-refractivity contribution in [3.05, 3.63) is 29.3 Å². The van der Waals surface area contributed by atoms with Crippen LogP contribution in [0.15, 0.2) is 18.2 Å². The van der Waals surface area contributed by atoms with Crippen molar-refractivity contribution < 1.29 is 14.3 Å². The first-order chi connectivity index (χ1) is 12.7. The van der Waals surface area contributed by atoms with Crippen LogP contribution < -0.4 is 15.5 Å². The van der Waals surface area contributed by atoms with Gasteiger partial charge in [-0.1, -0.05) is 12.1 Å². The minimum Gasteiger partial charge on any atom is -0.376 e. The number of benzene rings is 1. The van der Waals surface area contributed by atoms with Gasteiger partial charge in [-0.3, -0.25) is 9.59 Å². The molecule has 0 saturated carbocycles. The largest absolute Gasteiger partial charge is 0.376 e. The molecule has 2 heterocycles. The summed E-state index contributed by atoms with van der Waals surface area (Å²) in [5.41, 5.74) is 3.91. The van der Waals surface area contributed by atoms with Gasteiger partial charge in [0.25, 0.3) is 0 Å². The number of hydrogen-bond donors (Lipinski definition) is 2. The number of nitrogens with one attached hydrogen (secondary N) is 2. The monoisotopic (exact) mass is 359 g/mol. The van der Waals surface area contributed by atoms with Crippen LogP contribution in [-0.2, 0) is 27.2 Å². The molecule has 2 amide bonds. The van der Waals surface area contributed by atoms with E-state index in [4.69, 9.17) is 4.74 Å². The highest BCUT2D eigenvalue weighted by Crippen LogP contribution is 2.27. The average Bonchev–Trinajstić information content (AvgIpc) is 3.18. The molecule has 0 bridgehead atoms. The number of carbonyl (C=O) groups is 2. The maximum atomic E-state index is 11.9. The average molecular weight is 359 g/mol. The zero-order valence-electron chi connectivity index (χ0n) is 15.6. The molecule has 3 rings (SSSR count). The second kappa shape index (κ2) is 9.03. The van der Waals surface area contributed by atoms with Crippen LogP contribution in [0.25, 0.3) is 0 Å². The van der Waals surface area contributed by atoms with Gasteiger partial charge in [-0.05, 0) is 56.2 Å². The van der Waals surface area contributed by atoms with Crippen LogP contribution >= 0.6 is 0 Å². The number of fused-ring (bicyclic) bond motifs is 1. The summed E-state index contributed by atoms with van der Waals surface area (Å²) < 4.78 is 5.43. The van der Waals surface area contributed by atoms with E-state index in [1.165, 1.54) is 23.2 Å². The minimum absolute atomic E-state index is 0.0462. The molecule has 2 N–H and O–H groups in total. The molecule has 1 fully saturated rings. The molecule has 0 radical (unpaired) electrons. The number of rotatable bonds is 6. The standard InChI is InChI=1S/C20H29N3O3/c1-2-23-11-3-5-16-13-15(7-8-18(16)23)9-10-21-19(24)20(25)22-14-17-6-4-12-26-17/h7-8,13,17H,2-6,9-12,14H2,1H3,(H,21,24)(H,22,25)/t17-/m0/s1. The smallest absolute Gasteiger partial charge is 0.309 e. The van der Waals surface area contributed by atoms with E-state index in [-0.39, 0.29) is 6.10 Å². The Morgan fingerprint density at radius 1 is 1.23 bits per heavy atom. The first-order valence-corrected chi connectivity index (χ1v) is 9.71. The maximum absolute atomic E-state index is 11.9. The molecule has 0 spiro atoms. The number of amides is 2. The van der Waals surface area contributed by atoms with Crippen molar-refractivity contribution in [2.75, 3.05) is 37.7 Å². The molecule has 142 valence electrons. The Bertz CT molecular complexity index is 641. The second-order valence-electron chi connectivity index (χ2n) is 7.00. The van der Waals surface area contributed by atoms with E-state index in [1.807, 2.05) is 0 Å². The highest BCUT2D eigenvalue weighted by Gasteiger charge is 2.19. The molecule has 0 aromatic heterocycles. The zero-order chi connectivity index (χ0) is 18.4. The fourth-order valence-electron chi connectivity index (χ4n) is 3.71. The molecule has 0 aliphatic carbocycles. The summed E-state index contributed by atoms with van der Waals surface area (Å²) in [4.78, 5) is 26.1. The quantitative estimate of drug-likeness (QED) is 0.754. The lowest BCUT2D eigenvalue weighted by Gasteiger charge is -2.30. The molecule has 2 aliphatic heterocycles. The van der Waals surface area contributed by atoms with Crippen LogP contribution in [0, 0.1) is 0 Å². The molecule has 1 aromatic carbocycles. The Hall–Kier alpha value is -2.08. The number of aryl methyl sites for hydroxylation is 1. The summed E-state index contributed by atoms with van der Waals surface area (Å²) >= 11 is 0. The van der Waals surface area contributed by atoms with E-state index in [2.05, 4.69) is 40.7 Å². The molecule has 1 saturated heterocycles. The maximum Gasteiger partial charge on any atom is 0.309 e. The van der Waals surface area contributed by atoms with E-state index >= 15 is 0 Å². The highest BCUT2D eigenvalue weighted by molar-refractivity contribution is 6.35. The summed E-state index contributed by atoms with van der Waals surface area (Å²) in [6.07, 6.45) is 5.03. The Morgan fingerprint density at radius 2 is 2.08 bits per heavy atom. The van der Waals surface area contributed by atoms with Crippen LogP contribution in [-0.4, -0.2) is 50.7 Å². The summed E-state index contributed by atoms with van der Waals surface area (Å²) in [6, 6.07) is 6.54. The fraction of sp³-hybridized carbons (Fsp3) is 0.600. The predicted molar refractivity (Wildman–Crippen MR) is 101 cm³/mol. The summed E-state index contributed by atoms with van der Waals surface area (Å²) in [5, 5.41) is 5.35. The molecule has 1 aromatic rings. The van der Waals surface area contributed by atoms with E-state index in [0.29, 0.717) is 13.1 Å². The van der Waals surface area contributed by atoms with Gasteiger partial charge in [0, 0.05) is 38.5 Å². The molecule has 26 heavy (non-hydrogen) atoms. The summed E-state index contributed by atoms with van der Waals surface area (Å²) in [7, 11) is 0. The van der Waals surface area contributed by atoms with Gasteiger partial charge in [-0.15, -0.1) is 0 Å². The zero-order valence-corrected chi connectivity index (χ0v) is 15.6. The highest BCUT2D eigenvalue weighted by atomic mass is 16.5. The van der Waals surface area contributed by atoms with Crippen molar-refractivity contribution in [2.24, 2.45) is 0 Å². The lowest BCUT2D eigenvalue weighted by Crippen LogP contribution is -2.43. The van der Waals surface area contributed by atoms with Crippen molar-refractivity contribution in [2.45, 2.75) is 45.1 Å². The van der Waals surface area contributed by atoms with Gasteiger partial charge in [-0.25, -0.2) is 0 Å². The fourth-order valence-corrected chi connectivity index (χ4v) is 3.71. The van der Waals surface area contributed by atoms with Crippen LogP contribution in [0.5, 0.6) is 0 Å². The Morgan fingerprint density at radius 3 is 2.85 bits per heavy atom. The number of carbonyl (C=O) groups excluding carboxylic acids is 2. The van der Waals surface area contributed by atoms with Gasteiger partial charge < -0.3 is 20.3 Å². The number of hydrogen-bond acceptors (Lipinski definition) is 4. The minimum atomic E-state index is -0.579. The normalized spacial score (nSPS) is 19.1. The van der Waals surface area contributed by atoms with Gasteiger partial charge >= 0.3 is 11.8 Å². The van der Waals surface area contributed by atoms with E-state index < -0.39 is 11.8 Å². The van der Waals surface area contributed by atoms with Crippen molar-refractivity contribution in [3.63, 3.8) is 0 Å². The molecule has 2 aliphatic rings. The van der Waals surface area contributed by atoms with E-state index in [1.54, 1.807) is 0 Å². The van der Waals surface area contributed by atoms with Crippen molar-refractivity contribution in [1.29, 1.82) is 0 Å². The number of anilines is 1. The third kappa shape index (κ3) is 4.75. The van der Waals surface area contributed by atoms with Gasteiger partial charge in [-0.2, -0.15) is 0 Å². The van der Waals surface area contributed by atoms with Crippen molar-refractivity contribution >= 4 is 17.5 Å². The third-order valence-electron chi connectivity index (χ3n) is 5.16. The summed E-state index contributed by atoms with van der Waals surface area (Å²) in [6.45, 7) is 5.95. The van der Waals surface area contributed by atoms with Gasteiger partial charge in [0.1, 0.15) is 0 Å². The molecule has 6 heteroatoms. The number of ether oxygens (including phenoxy) is 1. The van der Waals surface area contributed by atoms with Gasteiger partial charge in [0.05, 0.1) is 6.10 Å². The van der Waals surface area contributed by atoms with Gasteiger partial charge in [0.15, 0.2) is 0 Å². The van der Waals surface area contributed by atoms with Crippen LogP contribution in [0.3, 0.4) is 0 Å². The Balaban J connectivity index is 1.42. The van der Waals surface area contributed by atoms with E-state index in [9.17, 15) is 9.59 Å². The Labute approximate surface area is 155 Å². The predicted octanol–water partition coefficient (Wildman–Crippen LogP) is 1.41. The van der Waals surface area contributed by atoms with Crippen molar-refractivity contribution in [1.82, 2.24) is 10.6 Å². The molecular formula is C20H29N3O3. The topological polar surface area (TPSA) is 70.7 Å². The third-order valence-corrected chi connectivity index (χ3v) is 5.16. The number of nitrogens with zero attached hydrogens (tertiary/aromatic N) is 1. The summed E-state index contributed by atoms with van der Waals surface area (Å²) in [5.74, 6) is -1.15. The van der Waals surface area contributed by atoms with Gasteiger partial charge in [0.2, 0.25) is 0 Å². The van der Waals surface area contributed by atoms with Crippen LogP contribution in [0.2, 0.25) is 0 Å². The van der Waals surface area contributed by atoms with Crippen LogP contribution in [0.4, 0.5) is 5.69 Å². The molecule has 6 nitrogen and oxygen atoms in total. The molecular weight excluding hydrogens is 330 g/mol. The Kier molecular flexibility index (Phi) is 6.50. The molecule has 0 unspecified atom stereocenters.